The van der Waals surface area contributed by atoms with Crippen molar-refractivity contribution in [3.63, 3.8) is 0 Å². The van der Waals surface area contributed by atoms with Crippen LogP contribution in [0.4, 0.5) is 0 Å². The SMILES string of the molecule is CNCC1CCCN1C(=O)c1cc2c(C)nn(-c3ccccc3)c2s1.Cl. The quantitative estimate of drug-likeness (QED) is 0.739. The summed E-state index contributed by atoms with van der Waals surface area (Å²) in [5, 5.41) is 8.93. The lowest BCUT2D eigenvalue weighted by molar-refractivity contribution is 0.0742. The minimum absolute atomic E-state index is 0. The van der Waals surface area contributed by atoms with Gasteiger partial charge in [0, 0.05) is 24.5 Å². The molecule has 0 bridgehead atoms. The van der Waals surface area contributed by atoms with Crippen LogP contribution >= 0.6 is 23.7 Å². The lowest BCUT2D eigenvalue weighted by Gasteiger charge is -2.23. The van der Waals surface area contributed by atoms with Crippen molar-refractivity contribution in [2.45, 2.75) is 25.8 Å². The maximum atomic E-state index is 13.0. The Morgan fingerprint density at radius 1 is 1.35 bits per heavy atom. The maximum Gasteiger partial charge on any atom is 0.264 e. The zero-order chi connectivity index (χ0) is 17.4. The van der Waals surface area contributed by atoms with Gasteiger partial charge < -0.3 is 10.2 Å². The lowest BCUT2D eigenvalue weighted by atomic mass is 10.2. The van der Waals surface area contributed by atoms with Crippen LogP contribution in [0, 0.1) is 6.92 Å². The second-order valence-corrected chi connectivity index (χ2v) is 7.55. The number of thiophene rings is 1. The fraction of sp³-hybridized carbons (Fsp3) is 0.368. The molecule has 1 saturated heterocycles. The first kappa shape index (κ1) is 18.9. The van der Waals surface area contributed by atoms with Crippen LogP contribution in [0.15, 0.2) is 36.4 Å². The summed E-state index contributed by atoms with van der Waals surface area (Å²) in [6.45, 7) is 3.71. The van der Waals surface area contributed by atoms with Gasteiger partial charge in [0.25, 0.3) is 5.91 Å². The van der Waals surface area contributed by atoms with Gasteiger partial charge in [-0.1, -0.05) is 18.2 Å². The van der Waals surface area contributed by atoms with Gasteiger partial charge in [-0.2, -0.15) is 5.10 Å². The van der Waals surface area contributed by atoms with Crippen LogP contribution in [0.3, 0.4) is 0 Å². The van der Waals surface area contributed by atoms with E-state index in [1.54, 1.807) is 11.3 Å². The first-order valence-corrected chi connectivity index (χ1v) is 9.51. The van der Waals surface area contributed by atoms with Crippen LogP contribution in [-0.4, -0.2) is 46.8 Å². The molecule has 26 heavy (non-hydrogen) atoms. The molecular weight excluding hydrogens is 368 g/mol. The number of likely N-dealkylation sites (tertiary alicyclic amines) is 1. The van der Waals surface area contributed by atoms with Crippen LogP contribution in [0.2, 0.25) is 0 Å². The van der Waals surface area contributed by atoms with Crippen molar-refractivity contribution in [3.05, 3.63) is 47.0 Å². The molecule has 1 amide bonds. The van der Waals surface area contributed by atoms with Gasteiger partial charge in [0.05, 0.1) is 16.3 Å². The summed E-state index contributed by atoms with van der Waals surface area (Å²) in [6, 6.07) is 12.4. The molecule has 7 heteroatoms. The van der Waals surface area contributed by atoms with E-state index in [2.05, 4.69) is 10.4 Å². The third-order valence-electron chi connectivity index (χ3n) is 4.83. The Morgan fingerprint density at radius 2 is 2.12 bits per heavy atom. The Balaban J connectivity index is 0.00000196. The number of nitrogens with zero attached hydrogens (tertiary/aromatic N) is 3. The predicted octanol–water partition coefficient (Wildman–Crippen LogP) is 3.64. The zero-order valence-corrected chi connectivity index (χ0v) is 16.6. The van der Waals surface area contributed by atoms with Crippen molar-refractivity contribution in [3.8, 4) is 5.69 Å². The Morgan fingerprint density at radius 3 is 2.85 bits per heavy atom. The first-order chi connectivity index (χ1) is 12.2. The number of likely N-dealkylation sites (N-methyl/N-ethyl adjacent to an activating group) is 1. The second kappa shape index (κ2) is 7.78. The summed E-state index contributed by atoms with van der Waals surface area (Å²) < 4.78 is 1.95. The number of carbonyl (C=O) groups is 1. The average Bonchev–Trinajstić information content (AvgIpc) is 3.32. The van der Waals surface area contributed by atoms with Crippen molar-refractivity contribution in [1.29, 1.82) is 0 Å². The third-order valence-corrected chi connectivity index (χ3v) is 5.93. The summed E-state index contributed by atoms with van der Waals surface area (Å²) in [7, 11) is 1.94. The molecule has 3 aromatic rings. The summed E-state index contributed by atoms with van der Waals surface area (Å²) in [4.78, 5) is 16.9. The number of hydrogen-bond acceptors (Lipinski definition) is 4. The molecule has 3 heterocycles. The minimum Gasteiger partial charge on any atom is -0.334 e. The van der Waals surface area contributed by atoms with Crippen molar-refractivity contribution in [2.75, 3.05) is 20.1 Å². The molecule has 0 radical (unpaired) electrons. The molecule has 1 fully saturated rings. The van der Waals surface area contributed by atoms with E-state index in [1.807, 2.05) is 60.0 Å². The van der Waals surface area contributed by atoms with Gasteiger partial charge in [-0.25, -0.2) is 4.68 Å². The van der Waals surface area contributed by atoms with Crippen LogP contribution in [0.25, 0.3) is 15.9 Å². The van der Waals surface area contributed by atoms with Gasteiger partial charge in [0.15, 0.2) is 0 Å². The molecule has 1 aliphatic heterocycles. The van der Waals surface area contributed by atoms with E-state index in [9.17, 15) is 4.79 Å². The lowest BCUT2D eigenvalue weighted by Crippen LogP contribution is -2.40. The number of hydrogen-bond donors (Lipinski definition) is 1. The summed E-state index contributed by atoms with van der Waals surface area (Å²) >= 11 is 1.54. The minimum atomic E-state index is 0. The van der Waals surface area contributed by atoms with Crippen LogP contribution in [-0.2, 0) is 0 Å². The molecular formula is C19H23ClN4OS. The Labute approximate surface area is 163 Å². The zero-order valence-electron chi connectivity index (χ0n) is 14.9. The highest BCUT2D eigenvalue weighted by Gasteiger charge is 2.30. The number of fused-ring (bicyclic) bond motifs is 1. The molecule has 1 unspecified atom stereocenters. The summed E-state index contributed by atoms with van der Waals surface area (Å²) in [5.41, 5.74) is 1.98. The van der Waals surface area contributed by atoms with E-state index in [4.69, 9.17) is 0 Å². The Hall–Kier alpha value is -1.89. The Kier molecular flexibility index (Phi) is 5.65. The largest absolute Gasteiger partial charge is 0.334 e. The number of carbonyl (C=O) groups excluding carboxylic acids is 1. The van der Waals surface area contributed by atoms with Gasteiger partial charge in [0.1, 0.15) is 4.83 Å². The summed E-state index contributed by atoms with van der Waals surface area (Å²) in [6.07, 6.45) is 2.16. The van der Waals surface area contributed by atoms with E-state index in [0.29, 0.717) is 6.04 Å². The van der Waals surface area contributed by atoms with Crippen molar-refractivity contribution < 1.29 is 4.79 Å². The molecule has 1 aromatic carbocycles. The van der Waals surface area contributed by atoms with Gasteiger partial charge in [-0.3, -0.25) is 4.79 Å². The van der Waals surface area contributed by atoms with Gasteiger partial charge in [0.2, 0.25) is 0 Å². The number of benzene rings is 1. The Bertz CT molecular complexity index is 905. The smallest absolute Gasteiger partial charge is 0.264 e. The number of nitrogens with one attached hydrogen (secondary N) is 1. The topological polar surface area (TPSA) is 50.2 Å². The van der Waals surface area contributed by atoms with Gasteiger partial charge >= 0.3 is 0 Å². The van der Waals surface area contributed by atoms with E-state index >= 15 is 0 Å². The third kappa shape index (κ3) is 3.24. The molecule has 0 aliphatic carbocycles. The number of halogens is 1. The molecule has 5 nitrogen and oxygen atoms in total. The van der Waals surface area contributed by atoms with Crippen LogP contribution in [0.1, 0.15) is 28.2 Å². The fourth-order valence-electron chi connectivity index (χ4n) is 3.59. The van der Waals surface area contributed by atoms with Crippen molar-refractivity contribution in [2.24, 2.45) is 0 Å². The van der Waals surface area contributed by atoms with E-state index < -0.39 is 0 Å². The number of rotatable bonds is 4. The molecule has 1 aliphatic rings. The molecule has 2 aromatic heterocycles. The average molecular weight is 391 g/mol. The highest BCUT2D eigenvalue weighted by Crippen LogP contribution is 2.32. The second-order valence-electron chi connectivity index (χ2n) is 6.51. The van der Waals surface area contributed by atoms with Crippen molar-refractivity contribution in [1.82, 2.24) is 20.0 Å². The molecule has 1 N–H and O–H groups in total. The molecule has 4 rings (SSSR count). The molecule has 1 atom stereocenters. The fourth-order valence-corrected chi connectivity index (χ4v) is 4.73. The van der Waals surface area contributed by atoms with E-state index in [-0.39, 0.29) is 18.3 Å². The van der Waals surface area contributed by atoms with Crippen LogP contribution < -0.4 is 5.32 Å². The highest BCUT2D eigenvalue weighted by atomic mass is 35.5. The number of aromatic nitrogens is 2. The normalized spacial score (nSPS) is 16.8. The molecule has 0 spiro atoms. The van der Waals surface area contributed by atoms with Gasteiger partial charge in [-0.15, -0.1) is 23.7 Å². The molecule has 0 saturated carbocycles. The van der Waals surface area contributed by atoms with E-state index in [1.165, 1.54) is 0 Å². The number of para-hydroxylation sites is 1. The molecule has 138 valence electrons. The predicted molar refractivity (Wildman–Crippen MR) is 109 cm³/mol. The first-order valence-electron chi connectivity index (χ1n) is 8.69. The standard InChI is InChI=1S/C19H22N4OS.ClH/c1-13-16-11-17(18(24)22-10-6-9-15(22)12-20-2)25-19(16)23(21-13)14-7-4-3-5-8-14;/h3-5,7-8,11,15,20H,6,9-10,12H2,1-2H3;1H. The van der Waals surface area contributed by atoms with Crippen LogP contribution in [0.5, 0.6) is 0 Å². The maximum absolute atomic E-state index is 13.0. The highest BCUT2D eigenvalue weighted by molar-refractivity contribution is 7.20. The van der Waals surface area contributed by atoms with E-state index in [0.717, 1.165) is 52.4 Å². The summed E-state index contributed by atoms with van der Waals surface area (Å²) in [5.74, 6) is 0.151. The van der Waals surface area contributed by atoms with Crippen molar-refractivity contribution >= 4 is 39.9 Å². The number of amides is 1. The number of aryl methyl sites for hydroxylation is 1. The van der Waals surface area contributed by atoms with Gasteiger partial charge in [-0.05, 0) is 45.0 Å². The monoisotopic (exact) mass is 390 g/mol.